The molecule has 0 saturated carbocycles. The smallest absolute Gasteiger partial charge is 0.287 e. The van der Waals surface area contributed by atoms with Crippen molar-refractivity contribution in [2.45, 2.75) is 38.8 Å². The van der Waals surface area contributed by atoms with Crippen molar-refractivity contribution in [3.05, 3.63) is 45.5 Å². The number of aromatic nitrogens is 3. The minimum atomic E-state index is -0.545. The van der Waals surface area contributed by atoms with Crippen molar-refractivity contribution in [3.63, 3.8) is 0 Å². The van der Waals surface area contributed by atoms with Crippen LogP contribution in [0.3, 0.4) is 0 Å². The number of anilines is 1. The van der Waals surface area contributed by atoms with Crippen LogP contribution < -0.4 is 5.32 Å². The van der Waals surface area contributed by atoms with E-state index in [1.54, 1.807) is 6.07 Å². The highest BCUT2D eigenvalue weighted by molar-refractivity contribution is 5.59. The van der Waals surface area contributed by atoms with Crippen LogP contribution in [0.2, 0.25) is 0 Å². The van der Waals surface area contributed by atoms with Gasteiger partial charge in [-0.05, 0) is 18.6 Å². The fourth-order valence-electron chi connectivity index (χ4n) is 2.74. The molecule has 1 N–H and O–H groups in total. The Labute approximate surface area is 132 Å². The normalized spacial score (nSPS) is 16.4. The molecule has 0 amide bonds. The molecular formula is C15H16N6O2. The standard InChI is InChI=1S/C15H16N6O2/c1-2-14-18-15-6-4-12(9-20(15)19-14)17-11-3-5-13(21(22)23)10(7-11)8-16/h3,5,7,12,17H,2,4,6,9H2,1H3. The highest BCUT2D eigenvalue weighted by Crippen LogP contribution is 2.24. The molecule has 0 bridgehead atoms. The van der Waals surface area contributed by atoms with E-state index in [1.165, 1.54) is 12.1 Å². The van der Waals surface area contributed by atoms with Crippen LogP contribution in [0.1, 0.15) is 30.6 Å². The molecule has 23 heavy (non-hydrogen) atoms. The van der Waals surface area contributed by atoms with Crippen molar-refractivity contribution in [2.75, 3.05) is 5.32 Å². The van der Waals surface area contributed by atoms with Crippen molar-refractivity contribution < 1.29 is 4.92 Å². The molecule has 2 aromatic rings. The van der Waals surface area contributed by atoms with Gasteiger partial charge in [0.15, 0.2) is 5.82 Å². The molecule has 8 nitrogen and oxygen atoms in total. The number of hydrogen-bond acceptors (Lipinski definition) is 6. The van der Waals surface area contributed by atoms with Crippen LogP contribution in [0.5, 0.6) is 0 Å². The summed E-state index contributed by atoms with van der Waals surface area (Å²) in [6.45, 7) is 2.72. The van der Waals surface area contributed by atoms with Crippen LogP contribution in [0.15, 0.2) is 18.2 Å². The molecule has 8 heteroatoms. The average molecular weight is 312 g/mol. The lowest BCUT2D eigenvalue weighted by atomic mass is 10.1. The Balaban J connectivity index is 1.75. The molecular weight excluding hydrogens is 296 g/mol. The van der Waals surface area contributed by atoms with E-state index in [0.29, 0.717) is 12.2 Å². The highest BCUT2D eigenvalue weighted by atomic mass is 16.6. The third-order valence-electron chi connectivity index (χ3n) is 3.90. The molecule has 1 aliphatic rings. The molecule has 0 fully saturated rings. The molecule has 2 heterocycles. The van der Waals surface area contributed by atoms with E-state index in [1.807, 2.05) is 17.7 Å². The number of aryl methyl sites for hydroxylation is 2. The van der Waals surface area contributed by atoms with Gasteiger partial charge in [-0.15, -0.1) is 0 Å². The van der Waals surface area contributed by atoms with Gasteiger partial charge < -0.3 is 5.32 Å². The number of fused-ring (bicyclic) bond motifs is 1. The fraction of sp³-hybridized carbons (Fsp3) is 0.400. The SMILES string of the molecule is CCc1nc2n(n1)CC(Nc1ccc([N+](=O)[O-])c(C#N)c1)CC2. The van der Waals surface area contributed by atoms with Crippen molar-refractivity contribution in [3.8, 4) is 6.07 Å². The lowest BCUT2D eigenvalue weighted by Crippen LogP contribution is -2.32. The van der Waals surface area contributed by atoms with Gasteiger partial charge in [-0.2, -0.15) is 10.4 Å². The Morgan fingerprint density at radius 2 is 2.39 bits per heavy atom. The predicted octanol–water partition coefficient (Wildman–Crippen LogP) is 2.05. The first kappa shape index (κ1) is 15.0. The summed E-state index contributed by atoms with van der Waals surface area (Å²) < 4.78 is 1.91. The fourth-order valence-corrected chi connectivity index (χ4v) is 2.74. The van der Waals surface area contributed by atoms with Crippen molar-refractivity contribution in [1.82, 2.24) is 14.8 Å². The predicted molar refractivity (Wildman–Crippen MR) is 82.9 cm³/mol. The summed E-state index contributed by atoms with van der Waals surface area (Å²) >= 11 is 0. The quantitative estimate of drug-likeness (QED) is 0.683. The summed E-state index contributed by atoms with van der Waals surface area (Å²) in [5, 5.41) is 27.7. The van der Waals surface area contributed by atoms with Crippen LogP contribution in [0.4, 0.5) is 11.4 Å². The van der Waals surface area contributed by atoms with Gasteiger partial charge in [0.05, 0.1) is 11.5 Å². The van der Waals surface area contributed by atoms with Gasteiger partial charge in [-0.25, -0.2) is 9.67 Å². The summed E-state index contributed by atoms with van der Waals surface area (Å²) in [7, 11) is 0. The zero-order chi connectivity index (χ0) is 16.4. The molecule has 1 aromatic carbocycles. The first-order valence-electron chi connectivity index (χ1n) is 7.48. The van der Waals surface area contributed by atoms with Crippen molar-refractivity contribution in [1.29, 1.82) is 5.26 Å². The van der Waals surface area contributed by atoms with Crippen molar-refractivity contribution >= 4 is 11.4 Å². The van der Waals surface area contributed by atoms with Crippen LogP contribution >= 0.6 is 0 Å². The Morgan fingerprint density at radius 1 is 1.57 bits per heavy atom. The Bertz CT molecular complexity index is 792. The summed E-state index contributed by atoms with van der Waals surface area (Å²) in [5.41, 5.74) is 0.592. The van der Waals surface area contributed by atoms with Gasteiger partial charge in [0.2, 0.25) is 0 Å². The molecule has 118 valence electrons. The summed E-state index contributed by atoms with van der Waals surface area (Å²) in [6.07, 6.45) is 2.55. The summed E-state index contributed by atoms with van der Waals surface area (Å²) in [4.78, 5) is 14.8. The number of rotatable bonds is 4. The highest BCUT2D eigenvalue weighted by Gasteiger charge is 2.22. The molecule has 1 aromatic heterocycles. The number of nitrogens with zero attached hydrogens (tertiary/aromatic N) is 5. The number of nitro benzene ring substituents is 1. The van der Waals surface area contributed by atoms with E-state index >= 15 is 0 Å². The van der Waals surface area contributed by atoms with E-state index in [9.17, 15) is 10.1 Å². The lowest BCUT2D eigenvalue weighted by Gasteiger charge is -2.24. The largest absolute Gasteiger partial charge is 0.380 e. The van der Waals surface area contributed by atoms with Gasteiger partial charge in [0.25, 0.3) is 5.69 Å². The molecule has 1 unspecified atom stereocenters. The minimum absolute atomic E-state index is 0.0607. The monoisotopic (exact) mass is 312 g/mol. The number of benzene rings is 1. The Morgan fingerprint density at radius 3 is 3.09 bits per heavy atom. The van der Waals surface area contributed by atoms with E-state index < -0.39 is 4.92 Å². The first-order valence-corrected chi connectivity index (χ1v) is 7.48. The maximum Gasteiger partial charge on any atom is 0.287 e. The minimum Gasteiger partial charge on any atom is -0.380 e. The van der Waals surface area contributed by atoms with E-state index in [0.717, 1.165) is 30.9 Å². The van der Waals surface area contributed by atoms with Gasteiger partial charge in [0, 0.05) is 30.6 Å². The second-order valence-corrected chi connectivity index (χ2v) is 5.46. The van der Waals surface area contributed by atoms with Gasteiger partial charge in [-0.1, -0.05) is 6.92 Å². The number of nitro groups is 1. The van der Waals surface area contributed by atoms with Crippen molar-refractivity contribution in [2.24, 2.45) is 0 Å². The maximum absolute atomic E-state index is 10.9. The van der Waals surface area contributed by atoms with Crippen LogP contribution in [-0.4, -0.2) is 25.7 Å². The lowest BCUT2D eigenvalue weighted by molar-refractivity contribution is -0.385. The second kappa shape index (κ2) is 6.04. The number of nitrogens with one attached hydrogen (secondary N) is 1. The van der Waals surface area contributed by atoms with Crippen LogP contribution in [0, 0.1) is 21.4 Å². The van der Waals surface area contributed by atoms with Crippen LogP contribution in [0.25, 0.3) is 0 Å². The van der Waals surface area contributed by atoms with E-state index in [-0.39, 0.29) is 17.3 Å². The average Bonchev–Trinajstić information content (AvgIpc) is 2.96. The Kier molecular flexibility index (Phi) is 3.93. The van der Waals surface area contributed by atoms with Crippen LogP contribution in [-0.2, 0) is 19.4 Å². The molecule has 0 aliphatic carbocycles. The zero-order valence-electron chi connectivity index (χ0n) is 12.7. The maximum atomic E-state index is 10.9. The Hall–Kier alpha value is -2.95. The first-order chi connectivity index (χ1) is 11.1. The molecule has 0 spiro atoms. The molecule has 3 rings (SSSR count). The van der Waals surface area contributed by atoms with E-state index in [4.69, 9.17) is 5.26 Å². The summed E-state index contributed by atoms with van der Waals surface area (Å²) in [6, 6.07) is 6.54. The number of hydrogen-bond donors (Lipinski definition) is 1. The van der Waals surface area contributed by atoms with Gasteiger partial charge in [0.1, 0.15) is 17.5 Å². The third kappa shape index (κ3) is 2.99. The molecule has 1 atom stereocenters. The van der Waals surface area contributed by atoms with Gasteiger partial charge >= 0.3 is 0 Å². The van der Waals surface area contributed by atoms with E-state index in [2.05, 4.69) is 15.4 Å². The molecule has 0 radical (unpaired) electrons. The number of nitriles is 1. The van der Waals surface area contributed by atoms with Gasteiger partial charge in [-0.3, -0.25) is 10.1 Å². The topological polar surface area (TPSA) is 110 Å². The second-order valence-electron chi connectivity index (χ2n) is 5.46. The molecule has 1 aliphatic heterocycles. The molecule has 0 saturated heterocycles. The zero-order valence-corrected chi connectivity index (χ0v) is 12.7. The third-order valence-corrected chi connectivity index (χ3v) is 3.90. The summed E-state index contributed by atoms with van der Waals surface area (Å²) in [5.74, 6) is 1.85.